The van der Waals surface area contributed by atoms with Crippen LogP contribution in [0.5, 0.6) is 0 Å². The summed E-state index contributed by atoms with van der Waals surface area (Å²) in [4.78, 5) is 15.3. The third-order valence-electron chi connectivity index (χ3n) is 2.33. The van der Waals surface area contributed by atoms with Crippen LogP contribution in [0, 0.1) is 5.82 Å². The highest BCUT2D eigenvalue weighted by Gasteiger charge is 2.25. The van der Waals surface area contributed by atoms with Gasteiger partial charge in [-0.3, -0.25) is 4.98 Å². The van der Waals surface area contributed by atoms with Crippen molar-refractivity contribution in [1.82, 2.24) is 10.3 Å². The van der Waals surface area contributed by atoms with Crippen LogP contribution < -0.4 is 5.32 Å². The van der Waals surface area contributed by atoms with Gasteiger partial charge in [0.25, 0.3) is 0 Å². The molecule has 0 saturated carbocycles. The van der Waals surface area contributed by atoms with Crippen LogP contribution in [0.25, 0.3) is 0 Å². The van der Waals surface area contributed by atoms with E-state index < -0.39 is 36.3 Å². The van der Waals surface area contributed by atoms with E-state index in [1.165, 1.54) is 6.07 Å². The van der Waals surface area contributed by atoms with E-state index in [1.807, 2.05) is 0 Å². The molecule has 0 saturated heterocycles. The number of hydrogen-bond acceptors (Lipinski definition) is 5. The number of rotatable bonds is 4. The molecular formula is C13H19FN2O4. The van der Waals surface area contributed by atoms with E-state index >= 15 is 0 Å². The molecule has 0 aliphatic carbocycles. The summed E-state index contributed by atoms with van der Waals surface area (Å²) in [5, 5.41) is 21.6. The molecule has 1 aromatic rings. The first-order valence-electron chi connectivity index (χ1n) is 6.13. The fourth-order valence-electron chi connectivity index (χ4n) is 1.45. The fraction of sp³-hybridized carbons (Fsp3) is 0.538. The molecule has 1 rings (SSSR count). The Morgan fingerprint density at radius 1 is 1.50 bits per heavy atom. The molecule has 0 radical (unpaired) electrons. The molecule has 0 spiro atoms. The highest BCUT2D eigenvalue weighted by Crippen LogP contribution is 2.15. The quantitative estimate of drug-likeness (QED) is 0.772. The van der Waals surface area contributed by atoms with Crippen molar-refractivity contribution in [1.29, 1.82) is 0 Å². The summed E-state index contributed by atoms with van der Waals surface area (Å²) in [7, 11) is 0. The molecule has 2 atom stereocenters. The van der Waals surface area contributed by atoms with Crippen molar-refractivity contribution >= 4 is 6.09 Å². The number of carbonyl (C=O) groups is 1. The van der Waals surface area contributed by atoms with Crippen LogP contribution in [0.15, 0.2) is 18.3 Å². The summed E-state index contributed by atoms with van der Waals surface area (Å²) in [5.41, 5.74) is -0.551. The van der Waals surface area contributed by atoms with Crippen LogP contribution in [-0.4, -0.2) is 39.5 Å². The summed E-state index contributed by atoms with van der Waals surface area (Å²) in [6, 6.07) is 1.41. The maximum atomic E-state index is 12.7. The number of aliphatic hydroxyl groups is 2. The van der Waals surface area contributed by atoms with Gasteiger partial charge in [-0.2, -0.15) is 0 Å². The van der Waals surface area contributed by atoms with Crippen molar-refractivity contribution in [3.05, 3.63) is 29.8 Å². The summed E-state index contributed by atoms with van der Waals surface area (Å²) in [6.45, 7) is 4.56. The van der Waals surface area contributed by atoms with Crippen LogP contribution in [0.2, 0.25) is 0 Å². The lowest BCUT2D eigenvalue weighted by atomic mass is 10.1. The van der Waals surface area contributed by atoms with Gasteiger partial charge in [-0.15, -0.1) is 0 Å². The first-order valence-corrected chi connectivity index (χ1v) is 6.13. The number of pyridine rings is 1. The molecule has 0 fully saturated rings. The lowest BCUT2D eigenvalue weighted by Gasteiger charge is -2.25. The van der Waals surface area contributed by atoms with Crippen molar-refractivity contribution in [2.75, 3.05) is 6.61 Å². The molecule has 20 heavy (non-hydrogen) atoms. The molecule has 3 N–H and O–H groups in total. The van der Waals surface area contributed by atoms with Crippen LogP contribution in [0.3, 0.4) is 0 Å². The van der Waals surface area contributed by atoms with E-state index in [4.69, 9.17) is 4.74 Å². The minimum absolute atomic E-state index is 0.140. The number of carbonyl (C=O) groups excluding carboxylic acids is 1. The Kier molecular flexibility index (Phi) is 5.41. The Hall–Kier alpha value is -1.73. The predicted molar refractivity (Wildman–Crippen MR) is 69.4 cm³/mol. The fourth-order valence-corrected chi connectivity index (χ4v) is 1.45. The van der Waals surface area contributed by atoms with Crippen molar-refractivity contribution in [2.24, 2.45) is 0 Å². The van der Waals surface area contributed by atoms with Crippen LogP contribution in [-0.2, 0) is 4.74 Å². The Balaban J connectivity index is 2.70. The second kappa shape index (κ2) is 6.62. The topological polar surface area (TPSA) is 91.7 Å². The first kappa shape index (κ1) is 16.3. The van der Waals surface area contributed by atoms with Gasteiger partial charge in [0.1, 0.15) is 17.5 Å². The van der Waals surface area contributed by atoms with E-state index in [9.17, 15) is 19.4 Å². The minimum Gasteiger partial charge on any atom is -0.444 e. The SMILES string of the molecule is CC(C)(C)OC(=O)N[C@@H](CO)[C@H](O)c1ccc(F)cn1. The van der Waals surface area contributed by atoms with Gasteiger partial charge in [0.15, 0.2) is 0 Å². The third-order valence-corrected chi connectivity index (χ3v) is 2.33. The van der Waals surface area contributed by atoms with Crippen LogP contribution in [0.4, 0.5) is 9.18 Å². The van der Waals surface area contributed by atoms with E-state index in [2.05, 4.69) is 10.3 Å². The van der Waals surface area contributed by atoms with Gasteiger partial charge in [0.2, 0.25) is 0 Å². The number of ether oxygens (including phenoxy) is 1. The van der Waals surface area contributed by atoms with Crippen LogP contribution >= 0.6 is 0 Å². The number of halogens is 1. The van der Waals surface area contributed by atoms with Gasteiger partial charge in [-0.05, 0) is 32.9 Å². The molecule has 6 nitrogen and oxygen atoms in total. The van der Waals surface area contributed by atoms with Crippen molar-refractivity contribution in [3.8, 4) is 0 Å². The molecule has 1 aromatic heterocycles. The molecule has 1 amide bonds. The lowest BCUT2D eigenvalue weighted by Crippen LogP contribution is -2.44. The summed E-state index contributed by atoms with van der Waals surface area (Å²) < 4.78 is 17.8. The summed E-state index contributed by atoms with van der Waals surface area (Å²) in [6.07, 6.45) is -1.09. The highest BCUT2D eigenvalue weighted by molar-refractivity contribution is 5.68. The van der Waals surface area contributed by atoms with E-state index in [0.29, 0.717) is 0 Å². The number of aliphatic hydroxyl groups excluding tert-OH is 2. The molecule has 0 unspecified atom stereocenters. The number of nitrogens with one attached hydrogen (secondary N) is 1. The lowest BCUT2D eigenvalue weighted by molar-refractivity contribution is 0.0343. The van der Waals surface area contributed by atoms with Gasteiger partial charge < -0.3 is 20.3 Å². The Bertz CT molecular complexity index is 445. The molecule has 0 aromatic carbocycles. The zero-order valence-electron chi connectivity index (χ0n) is 11.6. The van der Waals surface area contributed by atoms with Crippen molar-refractivity contribution in [3.63, 3.8) is 0 Å². The average Bonchev–Trinajstić information content (AvgIpc) is 2.34. The number of alkyl carbamates (subject to hydrolysis) is 1. The normalized spacial score (nSPS) is 14.5. The molecular weight excluding hydrogens is 267 g/mol. The van der Waals surface area contributed by atoms with Crippen molar-refractivity contribution < 1.29 is 24.1 Å². The molecule has 1 heterocycles. The molecule has 0 aliphatic heterocycles. The molecule has 112 valence electrons. The van der Waals surface area contributed by atoms with E-state index in [1.54, 1.807) is 20.8 Å². The van der Waals surface area contributed by atoms with Gasteiger partial charge in [-0.1, -0.05) is 0 Å². The zero-order chi connectivity index (χ0) is 15.3. The second-order valence-corrected chi connectivity index (χ2v) is 5.28. The number of nitrogens with zero attached hydrogens (tertiary/aromatic N) is 1. The summed E-state index contributed by atoms with van der Waals surface area (Å²) >= 11 is 0. The Morgan fingerprint density at radius 2 is 2.15 bits per heavy atom. The third kappa shape index (κ3) is 5.10. The molecule has 0 aliphatic rings. The van der Waals surface area contributed by atoms with Gasteiger partial charge in [0, 0.05) is 0 Å². The Labute approximate surface area is 116 Å². The minimum atomic E-state index is -1.27. The Morgan fingerprint density at radius 3 is 2.60 bits per heavy atom. The maximum Gasteiger partial charge on any atom is 0.408 e. The number of aromatic nitrogens is 1. The highest BCUT2D eigenvalue weighted by atomic mass is 19.1. The van der Waals surface area contributed by atoms with E-state index in [-0.39, 0.29) is 5.69 Å². The number of amides is 1. The van der Waals surface area contributed by atoms with Crippen molar-refractivity contribution in [2.45, 2.75) is 38.5 Å². The first-order chi connectivity index (χ1) is 9.23. The second-order valence-electron chi connectivity index (χ2n) is 5.28. The van der Waals surface area contributed by atoms with Gasteiger partial charge in [-0.25, -0.2) is 9.18 Å². The standard InChI is InChI=1S/C13H19FN2O4/c1-13(2,3)20-12(19)16-10(7-17)11(18)9-5-4-8(14)6-15-9/h4-6,10-11,17-18H,7H2,1-3H3,(H,16,19)/t10-,11+/m0/s1. The molecule has 0 bridgehead atoms. The van der Waals surface area contributed by atoms with Gasteiger partial charge in [0.05, 0.1) is 24.5 Å². The molecule has 7 heteroatoms. The smallest absolute Gasteiger partial charge is 0.408 e. The largest absolute Gasteiger partial charge is 0.444 e. The van der Waals surface area contributed by atoms with Gasteiger partial charge >= 0.3 is 6.09 Å². The monoisotopic (exact) mass is 286 g/mol. The zero-order valence-corrected chi connectivity index (χ0v) is 11.6. The van der Waals surface area contributed by atoms with Crippen LogP contribution in [0.1, 0.15) is 32.6 Å². The predicted octanol–water partition coefficient (Wildman–Crippen LogP) is 1.14. The maximum absolute atomic E-state index is 12.7. The average molecular weight is 286 g/mol. The summed E-state index contributed by atoms with van der Waals surface area (Å²) in [5.74, 6) is -0.540. The number of hydrogen-bond donors (Lipinski definition) is 3. The van der Waals surface area contributed by atoms with E-state index in [0.717, 1.165) is 12.3 Å².